The van der Waals surface area contributed by atoms with Gasteiger partial charge in [-0.3, -0.25) is 14.5 Å². The maximum absolute atomic E-state index is 13.5. The largest absolute Gasteiger partial charge is 0.497 e. The van der Waals surface area contributed by atoms with Gasteiger partial charge in [0.25, 0.3) is 0 Å². The van der Waals surface area contributed by atoms with Gasteiger partial charge in [0.2, 0.25) is 5.91 Å². The number of methoxy groups -OCH3 is 2. The zero-order chi connectivity index (χ0) is 22.3. The molecular weight excluding hydrogens is 390 g/mol. The number of benzene rings is 2. The maximum Gasteiger partial charge on any atom is 0.232 e. The summed E-state index contributed by atoms with van der Waals surface area (Å²) in [6, 6.07) is 13.4. The average molecular weight is 420 g/mol. The summed E-state index contributed by atoms with van der Waals surface area (Å²) in [6.07, 6.45) is 1.34. The first-order chi connectivity index (χ1) is 14.7. The van der Waals surface area contributed by atoms with Crippen molar-refractivity contribution in [2.24, 2.45) is 5.41 Å². The fraction of sp³-hybridized carbons (Fsp3) is 0.385. The SMILES string of the molecule is COc1ccc(OC)c([C@@H]2CC(=O)N(c3ccc(C)cc3)C3=C2C(=O)CC(C)(C)C3)c1. The summed E-state index contributed by atoms with van der Waals surface area (Å²) in [5.41, 5.74) is 4.09. The van der Waals surface area contributed by atoms with Gasteiger partial charge in [-0.25, -0.2) is 0 Å². The Morgan fingerprint density at radius 2 is 1.68 bits per heavy atom. The molecule has 1 aliphatic heterocycles. The van der Waals surface area contributed by atoms with E-state index in [9.17, 15) is 9.59 Å². The van der Waals surface area contributed by atoms with Crippen molar-refractivity contribution in [3.8, 4) is 11.5 Å². The van der Waals surface area contributed by atoms with Gasteiger partial charge in [-0.05, 0) is 49.1 Å². The van der Waals surface area contributed by atoms with E-state index in [0.717, 1.165) is 28.1 Å². The van der Waals surface area contributed by atoms with Gasteiger partial charge in [0, 0.05) is 41.3 Å². The lowest BCUT2D eigenvalue weighted by Gasteiger charge is -2.43. The number of nitrogens with zero attached hydrogens (tertiary/aromatic N) is 1. The molecule has 0 saturated heterocycles. The standard InChI is InChI=1S/C26H29NO4/c1-16-6-8-17(9-7-16)27-21-14-26(2,3)15-22(28)25(21)20(13-24(27)29)19-12-18(30-4)10-11-23(19)31-5/h6-12,20H,13-15H2,1-5H3/t20-/m0/s1. The second-order valence-electron chi connectivity index (χ2n) is 9.23. The molecule has 2 aromatic carbocycles. The fourth-order valence-electron chi connectivity index (χ4n) is 4.79. The van der Waals surface area contributed by atoms with E-state index in [0.29, 0.717) is 24.3 Å². The zero-order valence-electron chi connectivity index (χ0n) is 18.8. The van der Waals surface area contributed by atoms with Gasteiger partial charge in [-0.2, -0.15) is 0 Å². The first-order valence-corrected chi connectivity index (χ1v) is 10.6. The zero-order valence-corrected chi connectivity index (χ0v) is 18.8. The summed E-state index contributed by atoms with van der Waals surface area (Å²) < 4.78 is 11.0. The van der Waals surface area contributed by atoms with Crippen LogP contribution in [0.25, 0.3) is 0 Å². The third-order valence-corrected chi connectivity index (χ3v) is 6.25. The monoisotopic (exact) mass is 419 g/mol. The van der Waals surface area contributed by atoms with Crippen LogP contribution in [0.4, 0.5) is 5.69 Å². The van der Waals surface area contributed by atoms with Gasteiger partial charge >= 0.3 is 0 Å². The Labute approximate surface area is 183 Å². The van der Waals surface area contributed by atoms with E-state index >= 15 is 0 Å². The highest BCUT2D eigenvalue weighted by Crippen LogP contribution is 2.49. The Hall–Kier alpha value is -3.08. The third kappa shape index (κ3) is 3.85. The lowest BCUT2D eigenvalue weighted by Crippen LogP contribution is -2.43. The van der Waals surface area contributed by atoms with Gasteiger partial charge in [0.15, 0.2) is 5.78 Å². The number of ether oxygens (including phenoxy) is 2. The van der Waals surface area contributed by atoms with Crippen molar-refractivity contribution in [2.75, 3.05) is 19.1 Å². The Kier molecular flexibility index (Phi) is 5.38. The van der Waals surface area contributed by atoms with E-state index in [1.54, 1.807) is 19.1 Å². The molecule has 0 spiro atoms. The first-order valence-electron chi connectivity index (χ1n) is 10.6. The van der Waals surface area contributed by atoms with Crippen LogP contribution in [0.2, 0.25) is 0 Å². The quantitative estimate of drug-likeness (QED) is 0.686. The molecule has 5 nitrogen and oxygen atoms in total. The van der Waals surface area contributed by atoms with E-state index in [2.05, 4.69) is 13.8 Å². The molecule has 162 valence electrons. The van der Waals surface area contributed by atoms with E-state index < -0.39 is 0 Å². The summed E-state index contributed by atoms with van der Waals surface area (Å²) in [5.74, 6) is 1.08. The van der Waals surface area contributed by atoms with Crippen LogP contribution in [0.1, 0.15) is 50.2 Å². The molecular formula is C26H29NO4. The van der Waals surface area contributed by atoms with Crippen molar-refractivity contribution >= 4 is 17.4 Å². The van der Waals surface area contributed by atoms with Gasteiger partial charge in [-0.15, -0.1) is 0 Å². The van der Waals surface area contributed by atoms with Crippen LogP contribution in [0, 0.1) is 12.3 Å². The maximum atomic E-state index is 13.5. The van der Waals surface area contributed by atoms with Crippen LogP contribution < -0.4 is 14.4 Å². The molecule has 2 aliphatic rings. The smallest absolute Gasteiger partial charge is 0.232 e. The summed E-state index contributed by atoms with van der Waals surface area (Å²) in [5, 5.41) is 0. The Morgan fingerprint density at radius 3 is 2.32 bits per heavy atom. The number of ketones is 1. The predicted molar refractivity (Wildman–Crippen MR) is 121 cm³/mol. The number of aryl methyl sites for hydroxylation is 1. The van der Waals surface area contributed by atoms with Gasteiger partial charge in [-0.1, -0.05) is 31.5 Å². The topological polar surface area (TPSA) is 55.8 Å². The molecule has 4 rings (SSSR count). The number of carbonyl (C=O) groups is 2. The molecule has 0 aromatic heterocycles. The molecule has 0 unspecified atom stereocenters. The number of hydrogen-bond acceptors (Lipinski definition) is 4. The Balaban J connectivity index is 1.92. The summed E-state index contributed by atoms with van der Waals surface area (Å²) in [6.45, 7) is 6.19. The number of carbonyl (C=O) groups excluding carboxylic acids is 2. The molecule has 0 radical (unpaired) electrons. The van der Waals surface area contributed by atoms with Crippen molar-refractivity contribution in [2.45, 2.75) is 46.0 Å². The van der Waals surface area contributed by atoms with Gasteiger partial charge in [0.1, 0.15) is 11.5 Å². The van der Waals surface area contributed by atoms with Crippen molar-refractivity contribution in [3.63, 3.8) is 0 Å². The van der Waals surface area contributed by atoms with Gasteiger partial charge < -0.3 is 9.47 Å². The average Bonchev–Trinajstić information content (AvgIpc) is 2.72. The van der Waals surface area contributed by atoms with E-state index in [4.69, 9.17) is 9.47 Å². The molecule has 1 atom stereocenters. The van der Waals surface area contributed by atoms with Crippen molar-refractivity contribution in [3.05, 3.63) is 64.9 Å². The first kappa shape index (κ1) is 21.2. The normalized spacial score (nSPS) is 20.5. The number of amides is 1. The minimum Gasteiger partial charge on any atom is -0.497 e. The number of allylic oxidation sites excluding steroid dienone is 2. The molecule has 2 aromatic rings. The van der Waals surface area contributed by atoms with Crippen LogP contribution >= 0.6 is 0 Å². The Bertz CT molecular complexity index is 1070. The van der Waals surface area contributed by atoms with Crippen molar-refractivity contribution in [1.82, 2.24) is 0 Å². The van der Waals surface area contributed by atoms with Crippen molar-refractivity contribution < 1.29 is 19.1 Å². The molecule has 1 amide bonds. The summed E-state index contributed by atoms with van der Waals surface area (Å²) in [4.78, 5) is 28.7. The van der Waals surface area contributed by atoms with Crippen LogP contribution in [0.5, 0.6) is 11.5 Å². The highest BCUT2D eigenvalue weighted by atomic mass is 16.5. The molecule has 5 heteroatoms. The summed E-state index contributed by atoms with van der Waals surface area (Å²) in [7, 11) is 3.21. The predicted octanol–water partition coefficient (Wildman–Crippen LogP) is 5.18. The lowest BCUT2D eigenvalue weighted by molar-refractivity contribution is -0.121. The number of rotatable bonds is 4. The highest BCUT2D eigenvalue weighted by molar-refractivity contribution is 6.08. The summed E-state index contributed by atoms with van der Waals surface area (Å²) >= 11 is 0. The Morgan fingerprint density at radius 1 is 0.968 bits per heavy atom. The van der Waals surface area contributed by atoms with Crippen LogP contribution in [-0.4, -0.2) is 25.9 Å². The number of Topliss-reactive ketones (excluding diaryl/α,β-unsaturated/α-hetero) is 1. The third-order valence-electron chi connectivity index (χ3n) is 6.25. The van der Waals surface area contributed by atoms with Crippen LogP contribution in [0.15, 0.2) is 53.7 Å². The van der Waals surface area contributed by atoms with E-state index in [1.165, 1.54) is 0 Å². The van der Waals surface area contributed by atoms with Gasteiger partial charge in [0.05, 0.1) is 14.2 Å². The second kappa shape index (κ2) is 7.88. The van der Waals surface area contributed by atoms with Crippen LogP contribution in [-0.2, 0) is 9.59 Å². The minimum absolute atomic E-state index is 0.0111. The minimum atomic E-state index is -0.349. The molecule has 0 bridgehead atoms. The molecule has 0 saturated carbocycles. The van der Waals surface area contributed by atoms with Crippen molar-refractivity contribution in [1.29, 1.82) is 0 Å². The van der Waals surface area contributed by atoms with E-state index in [1.807, 2.05) is 49.4 Å². The lowest BCUT2D eigenvalue weighted by atomic mass is 9.69. The molecule has 1 aliphatic carbocycles. The fourth-order valence-corrected chi connectivity index (χ4v) is 4.79. The second-order valence-corrected chi connectivity index (χ2v) is 9.23. The van der Waals surface area contributed by atoms with Crippen LogP contribution in [0.3, 0.4) is 0 Å². The number of anilines is 1. The molecule has 0 N–H and O–H groups in total. The molecule has 1 heterocycles. The number of hydrogen-bond donors (Lipinski definition) is 0. The molecule has 31 heavy (non-hydrogen) atoms. The molecule has 0 fully saturated rings. The highest BCUT2D eigenvalue weighted by Gasteiger charge is 2.45. The van der Waals surface area contributed by atoms with E-state index in [-0.39, 0.29) is 29.4 Å².